The summed E-state index contributed by atoms with van der Waals surface area (Å²) in [6.45, 7) is 4.71. The molecule has 1 amide bonds. The molecular weight excluding hydrogens is 597 g/mol. The number of fused-ring (bicyclic) bond motifs is 1. The van der Waals surface area contributed by atoms with E-state index < -0.39 is 11.5 Å². The van der Waals surface area contributed by atoms with Crippen LogP contribution in [0.15, 0.2) is 77.9 Å². The van der Waals surface area contributed by atoms with Crippen LogP contribution in [-0.2, 0) is 23.2 Å². The summed E-state index contributed by atoms with van der Waals surface area (Å²) in [6.07, 6.45) is 5.40. The third-order valence-electron chi connectivity index (χ3n) is 7.67. The Morgan fingerprint density at radius 1 is 1.05 bits per heavy atom. The largest absolute Gasteiger partial charge is 0.384 e. The monoisotopic (exact) mass is 631 g/mol. The van der Waals surface area contributed by atoms with Crippen LogP contribution in [0.1, 0.15) is 54.0 Å². The van der Waals surface area contributed by atoms with Gasteiger partial charge in [-0.25, -0.2) is 9.97 Å². The van der Waals surface area contributed by atoms with E-state index in [0.717, 1.165) is 34.6 Å². The molecule has 4 N–H and O–H groups in total. The van der Waals surface area contributed by atoms with Crippen LogP contribution in [0.5, 0.6) is 0 Å². The van der Waals surface area contributed by atoms with Gasteiger partial charge in [0.2, 0.25) is 5.91 Å². The number of carbonyl (C=O) groups is 1. The Hall–Kier alpha value is -3.66. The lowest BCUT2D eigenvalue weighted by Crippen LogP contribution is -2.39. The van der Waals surface area contributed by atoms with Crippen molar-refractivity contribution in [2.24, 2.45) is 0 Å². The topological polar surface area (TPSA) is 128 Å². The summed E-state index contributed by atoms with van der Waals surface area (Å²) in [5, 5.41) is 6.29. The van der Waals surface area contributed by atoms with Gasteiger partial charge in [-0.2, -0.15) is 0 Å². The standard InChI is InChI=1S/C30H33N7O2.3ClH/c1-3-30(22-9-5-4-6-10-22,25-11-7-8-16-32-25)19-35-27-29(39)37-23(18-33-27)13-14-24(37)28(38)34-17-21-12-15-26(31)36-20(21)2;;;/h4-12,15-16,18,24H,3,13-14,17,19H2,1-2H3,(H2,31,36)(H,33,35)(H,34,38);3*1H/t24-,30?;;;/m0.../s1. The number of aromatic nitrogens is 4. The normalized spacial score (nSPS) is 14.7. The summed E-state index contributed by atoms with van der Waals surface area (Å²) in [7, 11) is 0. The summed E-state index contributed by atoms with van der Waals surface area (Å²) >= 11 is 0. The molecule has 1 aromatic carbocycles. The number of halogens is 3. The van der Waals surface area contributed by atoms with Crippen LogP contribution < -0.4 is 21.9 Å². The Balaban J connectivity index is 0.00000205. The Kier molecular flexibility index (Phi) is 12.3. The molecule has 0 saturated heterocycles. The van der Waals surface area contributed by atoms with E-state index in [-0.39, 0.29) is 54.5 Å². The van der Waals surface area contributed by atoms with Crippen molar-refractivity contribution in [3.8, 4) is 0 Å². The SMILES string of the molecule is CCC(CNc1ncc2n(c1=O)[C@H](C(=O)NCc1ccc(N)nc1C)CC2)(c1ccccc1)c1ccccn1.Cl.Cl.Cl. The summed E-state index contributed by atoms with van der Waals surface area (Å²) in [5.74, 6) is 0.459. The molecule has 1 unspecified atom stereocenters. The summed E-state index contributed by atoms with van der Waals surface area (Å²) in [6, 6.07) is 19.0. The van der Waals surface area contributed by atoms with Crippen molar-refractivity contribution in [2.45, 2.75) is 51.1 Å². The number of aryl methyl sites for hydroxylation is 2. The van der Waals surface area contributed by atoms with E-state index in [2.05, 4.69) is 44.6 Å². The number of hydrogen-bond donors (Lipinski definition) is 3. The fourth-order valence-electron chi connectivity index (χ4n) is 5.40. The highest BCUT2D eigenvalue weighted by Gasteiger charge is 2.35. The van der Waals surface area contributed by atoms with Crippen LogP contribution in [0.3, 0.4) is 0 Å². The third-order valence-corrected chi connectivity index (χ3v) is 7.67. The van der Waals surface area contributed by atoms with Crippen molar-refractivity contribution in [1.29, 1.82) is 0 Å². The van der Waals surface area contributed by atoms with Crippen LogP contribution in [0.4, 0.5) is 11.6 Å². The van der Waals surface area contributed by atoms with Gasteiger partial charge in [0.05, 0.1) is 11.1 Å². The smallest absolute Gasteiger partial charge is 0.294 e. The molecule has 0 bridgehead atoms. The fourth-order valence-corrected chi connectivity index (χ4v) is 5.40. The van der Waals surface area contributed by atoms with Crippen molar-refractivity contribution < 1.29 is 4.79 Å². The Labute approximate surface area is 264 Å². The van der Waals surface area contributed by atoms with Gasteiger partial charge in [-0.15, -0.1) is 37.2 Å². The van der Waals surface area contributed by atoms with E-state index in [4.69, 9.17) is 5.73 Å². The molecule has 42 heavy (non-hydrogen) atoms. The van der Waals surface area contributed by atoms with Crippen LogP contribution in [0.25, 0.3) is 0 Å². The second-order valence-corrected chi connectivity index (χ2v) is 9.90. The quantitative estimate of drug-likeness (QED) is 0.242. The molecule has 5 rings (SSSR count). The van der Waals surface area contributed by atoms with Crippen molar-refractivity contribution in [1.82, 2.24) is 24.8 Å². The minimum absolute atomic E-state index is 0. The second kappa shape index (κ2) is 15.0. The average molecular weight is 633 g/mol. The van der Waals surface area contributed by atoms with E-state index in [1.807, 2.05) is 49.4 Å². The summed E-state index contributed by atoms with van der Waals surface area (Å²) in [4.78, 5) is 40.2. The molecule has 224 valence electrons. The highest BCUT2D eigenvalue weighted by molar-refractivity contribution is 5.86. The highest BCUT2D eigenvalue weighted by Crippen LogP contribution is 2.34. The van der Waals surface area contributed by atoms with Crippen LogP contribution in [0, 0.1) is 6.92 Å². The van der Waals surface area contributed by atoms with Crippen molar-refractivity contribution in [3.63, 3.8) is 0 Å². The van der Waals surface area contributed by atoms with Crippen molar-refractivity contribution >= 4 is 54.8 Å². The lowest BCUT2D eigenvalue weighted by Gasteiger charge is -2.33. The van der Waals surface area contributed by atoms with Gasteiger partial charge >= 0.3 is 0 Å². The maximum atomic E-state index is 13.6. The number of pyridine rings is 2. The lowest BCUT2D eigenvalue weighted by molar-refractivity contribution is -0.124. The fraction of sp³-hybridized carbons (Fsp3) is 0.300. The zero-order chi connectivity index (χ0) is 27.4. The van der Waals surface area contributed by atoms with Gasteiger partial charge < -0.3 is 16.4 Å². The van der Waals surface area contributed by atoms with Gasteiger partial charge in [0.1, 0.15) is 11.9 Å². The molecule has 3 aromatic heterocycles. The number of nitrogens with one attached hydrogen (secondary N) is 2. The van der Waals surface area contributed by atoms with E-state index in [9.17, 15) is 9.59 Å². The minimum atomic E-state index is -0.598. The number of nitrogens with two attached hydrogens (primary N) is 1. The second-order valence-electron chi connectivity index (χ2n) is 9.90. The number of amides is 1. The zero-order valence-electron chi connectivity index (χ0n) is 23.4. The van der Waals surface area contributed by atoms with Gasteiger partial charge in [-0.3, -0.25) is 19.1 Å². The number of anilines is 2. The first kappa shape index (κ1) is 34.5. The Morgan fingerprint density at radius 2 is 1.79 bits per heavy atom. The van der Waals surface area contributed by atoms with E-state index in [1.54, 1.807) is 23.0 Å². The van der Waals surface area contributed by atoms with E-state index in [0.29, 0.717) is 31.7 Å². The molecular formula is C30H36Cl3N7O2. The molecule has 0 fully saturated rings. The lowest BCUT2D eigenvalue weighted by atomic mass is 9.75. The van der Waals surface area contributed by atoms with Crippen molar-refractivity contribution in [2.75, 3.05) is 17.6 Å². The van der Waals surface area contributed by atoms with Crippen LogP contribution in [-0.4, -0.2) is 32.0 Å². The predicted molar refractivity (Wildman–Crippen MR) is 173 cm³/mol. The molecule has 2 atom stereocenters. The molecule has 12 heteroatoms. The van der Waals surface area contributed by atoms with Gasteiger partial charge in [-0.05, 0) is 55.5 Å². The number of nitrogen functional groups attached to an aromatic ring is 1. The molecule has 4 heterocycles. The molecule has 1 aliphatic rings. The van der Waals surface area contributed by atoms with Gasteiger partial charge in [0.25, 0.3) is 5.56 Å². The molecule has 0 saturated carbocycles. The van der Waals surface area contributed by atoms with E-state index >= 15 is 0 Å². The third kappa shape index (κ3) is 6.86. The summed E-state index contributed by atoms with van der Waals surface area (Å²) < 4.78 is 1.58. The molecule has 0 radical (unpaired) electrons. The first-order valence-corrected chi connectivity index (χ1v) is 13.2. The first-order valence-electron chi connectivity index (χ1n) is 13.2. The molecule has 9 nitrogen and oxygen atoms in total. The number of nitrogens with zero attached hydrogens (tertiary/aromatic N) is 4. The van der Waals surface area contributed by atoms with E-state index in [1.165, 1.54) is 0 Å². The van der Waals surface area contributed by atoms with Gasteiger partial charge in [0, 0.05) is 36.9 Å². The maximum absolute atomic E-state index is 13.6. The minimum Gasteiger partial charge on any atom is -0.384 e. The number of hydrogen-bond acceptors (Lipinski definition) is 7. The van der Waals surface area contributed by atoms with Crippen LogP contribution in [0.2, 0.25) is 0 Å². The Bertz CT molecular complexity index is 1500. The Morgan fingerprint density at radius 3 is 2.45 bits per heavy atom. The number of carbonyl (C=O) groups excluding carboxylic acids is 1. The maximum Gasteiger partial charge on any atom is 0.294 e. The van der Waals surface area contributed by atoms with Gasteiger partial charge in [0.15, 0.2) is 5.82 Å². The molecule has 0 spiro atoms. The molecule has 4 aromatic rings. The molecule has 1 aliphatic heterocycles. The van der Waals surface area contributed by atoms with Crippen molar-refractivity contribution in [3.05, 3.63) is 112 Å². The average Bonchev–Trinajstić information content (AvgIpc) is 3.40. The number of rotatable bonds is 9. The highest BCUT2D eigenvalue weighted by atomic mass is 35.5. The molecule has 0 aliphatic carbocycles. The van der Waals surface area contributed by atoms with Gasteiger partial charge in [-0.1, -0.05) is 49.4 Å². The van der Waals surface area contributed by atoms with Crippen LogP contribution >= 0.6 is 37.2 Å². The first-order chi connectivity index (χ1) is 18.9. The number of benzene rings is 1. The predicted octanol–water partition coefficient (Wildman–Crippen LogP) is 4.80. The summed E-state index contributed by atoms with van der Waals surface area (Å²) in [5.41, 5.74) is 9.39. The zero-order valence-corrected chi connectivity index (χ0v) is 25.9.